The molecule has 1 fully saturated rings. The summed E-state index contributed by atoms with van der Waals surface area (Å²) in [6, 6.07) is 2.52. The maximum atomic E-state index is 12.7. The summed E-state index contributed by atoms with van der Waals surface area (Å²) in [5, 5.41) is 1.19. The van der Waals surface area contributed by atoms with Crippen molar-refractivity contribution in [2.45, 2.75) is 33.7 Å². The Hall–Kier alpha value is -1.33. The van der Waals surface area contributed by atoms with E-state index in [-0.39, 0.29) is 5.91 Å². The summed E-state index contributed by atoms with van der Waals surface area (Å²) in [5.41, 5.74) is 0. The monoisotopic (exact) mass is 333 g/mol. The fourth-order valence-corrected chi connectivity index (χ4v) is 4.21. The Morgan fingerprint density at radius 3 is 2.39 bits per heavy atom. The largest absolute Gasteiger partial charge is 0.350 e. The third-order valence-electron chi connectivity index (χ3n) is 4.44. The lowest BCUT2D eigenvalue weighted by Crippen LogP contribution is -2.49. The Labute approximate surface area is 142 Å². The second kappa shape index (κ2) is 6.65. The fourth-order valence-electron chi connectivity index (χ4n) is 3.16. The number of thiophene rings is 1. The van der Waals surface area contributed by atoms with Gasteiger partial charge in [0.2, 0.25) is 0 Å². The third kappa shape index (κ3) is 3.61. The highest BCUT2D eigenvalue weighted by Gasteiger charge is 2.24. The zero-order valence-corrected chi connectivity index (χ0v) is 15.4. The molecule has 0 aromatic carbocycles. The van der Waals surface area contributed by atoms with Gasteiger partial charge < -0.3 is 9.47 Å². The van der Waals surface area contributed by atoms with Crippen molar-refractivity contribution in [2.75, 3.05) is 32.7 Å². The van der Waals surface area contributed by atoms with Gasteiger partial charge in [0, 0.05) is 56.5 Å². The van der Waals surface area contributed by atoms with Crippen LogP contribution in [0.2, 0.25) is 0 Å². The van der Waals surface area contributed by atoms with Gasteiger partial charge in [-0.3, -0.25) is 9.69 Å². The molecule has 0 atom stereocenters. The smallest absolute Gasteiger partial charge is 0.264 e. The quantitative estimate of drug-likeness (QED) is 0.853. The van der Waals surface area contributed by atoms with Crippen molar-refractivity contribution in [3.8, 4) is 0 Å². The summed E-state index contributed by atoms with van der Waals surface area (Å²) in [6.07, 6.45) is 4.30. The Kier molecular flexibility index (Phi) is 4.78. The molecule has 1 aliphatic heterocycles. The first kappa shape index (κ1) is 16.5. The average molecular weight is 334 g/mol. The normalized spacial score (nSPS) is 16.9. The van der Waals surface area contributed by atoms with Crippen LogP contribution in [0, 0.1) is 5.92 Å². The zero-order chi connectivity index (χ0) is 16.6. The summed E-state index contributed by atoms with van der Waals surface area (Å²) in [7, 11) is 0. The van der Waals surface area contributed by atoms with Crippen LogP contribution in [0.4, 0.5) is 0 Å². The van der Waals surface area contributed by atoms with Crippen LogP contribution in [0.15, 0.2) is 18.5 Å². The van der Waals surface area contributed by atoms with Crippen LogP contribution < -0.4 is 0 Å². The van der Waals surface area contributed by atoms with E-state index in [9.17, 15) is 4.79 Å². The van der Waals surface area contributed by atoms with Crippen molar-refractivity contribution in [1.29, 1.82) is 0 Å². The number of fused-ring (bicyclic) bond motifs is 1. The minimum Gasteiger partial charge on any atom is -0.350 e. The number of hydrogen-bond acceptors (Lipinski definition) is 3. The van der Waals surface area contributed by atoms with Gasteiger partial charge in [-0.2, -0.15) is 0 Å². The molecule has 0 aliphatic carbocycles. The average Bonchev–Trinajstić information content (AvgIpc) is 3.05. The molecule has 5 heteroatoms. The van der Waals surface area contributed by atoms with E-state index in [4.69, 9.17) is 0 Å². The number of nitrogens with zero attached hydrogens (tertiary/aromatic N) is 3. The van der Waals surface area contributed by atoms with E-state index >= 15 is 0 Å². The van der Waals surface area contributed by atoms with E-state index in [0.29, 0.717) is 12.0 Å². The first-order chi connectivity index (χ1) is 10.9. The van der Waals surface area contributed by atoms with Gasteiger partial charge in [0.05, 0.1) is 9.58 Å². The lowest BCUT2D eigenvalue weighted by molar-refractivity contribution is 0.0628. The van der Waals surface area contributed by atoms with E-state index in [0.717, 1.165) is 37.6 Å². The first-order valence-electron chi connectivity index (χ1n) is 8.56. The molecule has 126 valence electrons. The van der Waals surface area contributed by atoms with Gasteiger partial charge >= 0.3 is 0 Å². The Balaban J connectivity index is 1.65. The first-order valence-corrected chi connectivity index (χ1v) is 9.38. The van der Waals surface area contributed by atoms with Gasteiger partial charge in [-0.25, -0.2) is 0 Å². The molecule has 0 unspecified atom stereocenters. The van der Waals surface area contributed by atoms with E-state index in [2.05, 4.69) is 55.6 Å². The van der Waals surface area contributed by atoms with Crippen molar-refractivity contribution in [3.05, 3.63) is 23.3 Å². The van der Waals surface area contributed by atoms with Crippen molar-refractivity contribution in [2.24, 2.45) is 5.92 Å². The van der Waals surface area contributed by atoms with E-state index in [1.54, 1.807) is 11.3 Å². The zero-order valence-electron chi connectivity index (χ0n) is 14.6. The van der Waals surface area contributed by atoms with Gasteiger partial charge in [0.15, 0.2) is 0 Å². The molecule has 1 aliphatic rings. The van der Waals surface area contributed by atoms with Crippen molar-refractivity contribution in [1.82, 2.24) is 14.4 Å². The van der Waals surface area contributed by atoms with Crippen LogP contribution in [-0.2, 0) is 0 Å². The fraction of sp³-hybridized carbons (Fsp3) is 0.611. The second-order valence-corrected chi connectivity index (χ2v) is 8.30. The van der Waals surface area contributed by atoms with Crippen molar-refractivity contribution < 1.29 is 4.79 Å². The highest BCUT2D eigenvalue weighted by atomic mass is 32.1. The summed E-state index contributed by atoms with van der Waals surface area (Å²) in [5.74, 6) is 0.888. The molecule has 0 spiro atoms. The van der Waals surface area contributed by atoms with Crippen molar-refractivity contribution >= 4 is 27.3 Å². The Bertz CT molecular complexity index is 646. The topological polar surface area (TPSA) is 28.5 Å². The number of amides is 1. The molecule has 0 bridgehead atoms. The molecule has 3 heterocycles. The van der Waals surface area contributed by atoms with Gasteiger partial charge in [-0.05, 0) is 25.8 Å². The number of piperazine rings is 1. The van der Waals surface area contributed by atoms with E-state index < -0.39 is 0 Å². The summed E-state index contributed by atoms with van der Waals surface area (Å²) < 4.78 is 3.42. The van der Waals surface area contributed by atoms with Crippen LogP contribution in [0.3, 0.4) is 0 Å². The molecule has 0 saturated carbocycles. The van der Waals surface area contributed by atoms with E-state index in [1.807, 2.05) is 4.90 Å². The highest BCUT2D eigenvalue weighted by Crippen LogP contribution is 2.29. The minimum atomic E-state index is 0.200. The van der Waals surface area contributed by atoms with Crippen LogP contribution in [0.25, 0.3) is 10.1 Å². The number of carbonyl (C=O) groups is 1. The molecule has 1 saturated heterocycles. The molecule has 0 N–H and O–H groups in total. The lowest BCUT2D eigenvalue weighted by atomic mass is 10.2. The summed E-state index contributed by atoms with van der Waals surface area (Å²) >= 11 is 1.62. The maximum Gasteiger partial charge on any atom is 0.264 e. The standard InChI is InChI=1S/C18H27N3OS/c1-13(2)10-19-5-7-20(8-6-19)18(22)16-9-15-11-21(14(3)4)12-17(15)23-16/h9,11-14H,5-8,10H2,1-4H3. The molecular weight excluding hydrogens is 306 g/mol. The van der Waals surface area contributed by atoms with Crippen LogP contribution in [0.5, 0.6) is 0 Å². The second-order valence-electron chi connectivity index (χ2n) is 7.22. The predicted octanol–water partition coefficient (Wildman–Crippen LogP) is 3.70. The van der Waals surface area contributed by atoms with Gasteiger partial charge in [0.1, 0.15) is 0 Å². The Morgan fingerprint density at radius 2 is 1.83 bits per heavy atom. The molecule has 4 nitrogen and oxygen atoms in total. The van der Waals surface area contributed by atoms with Crippen LogP contribution in [-0.4, -0.2) is 53.0 Å². The molecular formula is C18H27N3OS. The molecule has 3 rings (SSSR count). The maximum absolute atomic E-state index is 12.7. The molecule has 2 aromatic rings. The number of hydrogen-bond donors (Lipinski definition) is 0. The highest BCUT2D eigenvalue weighted by molar-refractivity contribution is 7.20. The molecule has 23 heavy (non-hydrogen) atoms. The van der Waals surface area contributed by atoms with Gasteiger partial charge in [-0.15, -0.1) is 11.3 Å². The number of aromatic nitrogens is 1. The molecule has 1 amide bonds. The predicted molar refractivity (Wildman–Crippen MR) is 97.4 cm³/mol. The molecule has 0 radical (unpaired) electrons. The SMILES string of the molecule is CC(C)CN1CCN(C(=O)c2cc3cn(C(C)C)cc3s2)CC1. The summed E-state index contributed by atoms with van der Waals surface area (Å²) in [6.45, 7) is 13.7. The Morgan fingerprint density at radius 1 is 1.13 bits per heavy atom. The third-order valence-corrected chi connectivity index (χ3v) is 5.51. The lowest BCUT2D eigenvalue weighted by Gasteiger charge is -2.35. The van der Waals surface area contributed by atoms with Crippen molar-refractivity contribution in [3.63, 3.8) is 0 Å². The summed E-state index contributed by atoms with van der Waals surface area (Å²) in [4.78, 5) is 18.1. The van der Waals surface area contributed by atoms with Crippen LogP contribution >= 0.6 is 11.3 Å². The van der Waals surface area contributed by atoms with Gasteiger partial charge in [-0.1, -0.05) is 13.8 Å². The minimum absolute atomic E-state index is 0.200. The number of carbonyl (C=O) groups excluding carboxylic acids is 1. The van der Waals surface area contributed by atoms with Crippen LogP contribution in [0.1, 0.15) is 43.4 Å². The number of rotatable bonds is 4. The van der Waals surface area contributed by atoms with E-state index in [1.165, 1.54) is 10.1 Å². The molecule has 2 aromatic heterocycles. The van der Waals surface area contributed by atoms with Gasteiger partial charge in [0.25, 0.3) is 5.91 Å².